The molecular formula is C43H77N5O14. The first kappa shape index (κ1) is 54.7. The summed E-state index contributed by atoms with van der Waals surface area (Å²) in [5.41, 5.74) is 6.01. The largest absolute Gasteiger partial charge is 0.446 e. The molecule has 0 aromatic heterocycles. The van der Waals surface area contributed by atoms with E-state index in [1.165, 1.54) is 0 Å². The summed E-state index contributed by atoms with van der Waals surface area (Å²) in [6.45, 7) is 7.02. The van der Waals surface area contributed by atoms with Crippen molar-refractivity contribution >= 4 is 24.0 Å². The van der Waals surface area contributed by atoms with Crippen molar-refractivity contribution in [1.29, 1.82) is 0 Å². The third-order valence-electron chi connectivity index (χ3n) is 9.25. The van der Waals surface area contributed by atoms with Crippen molar-refractivity contribution in [2.24, 2.45) is 5.73 Å². The van der Waals surface area contributed by atoms with Gasteiger partial charge in [0, 0.05) is 39.0 Å². The molecule has 358 valence electrons. The van der Waals surface area contributed by atoms with Crippen LogP contribution in [0.2, 0.25) is 0 Å². The van der Waals surface area contributed by atoms with Crippen LogP contribution in [-0.2, 0) is 57.0 Å². The molecule has 2 atom stereocenters. The van der Waals surface area contributed by atoms with Crippen LogP contribution in [0.3, 0.4) is 0 Å². The molecule has 0 heterocycles. The van der Waals surface area contributed by atoms with Crippen LogP contribution in [0.15, 0.2) is 24.3 Å². The molecule has 0 spiro atoms. The molecule has 0 unspecified atom stereocenters. The minimum atomic E-state index is -0.402. The van der Waals surface area contributed by atoms with E-state index >= 15 is 0 Å². The normalized spacial score (nSPS) is 17.8. The number of alkyl carbamates (subject to hydrolysis) is 2. The first-order valence-electron chi connectivity index (χ1n) is 22.5. The highest BCUT2D eigenvalue weighted by molar-refractivity contribution is 5.76. The van der Waals surface area contributed by atoms with Gasteiger partial charge in [0.1, 0.15) is 12.2 Å². The lowest BCUT2D eigenvalue weighted by Gasteiger charge is -2.18. The molecule has 0 radical (unpaired) electrons. The Balaban J connectivity index is 1.23. The van der Waals surface area contributed by atoms with Gasteiger partial charge in [0.2, 0.25) is 11.8 Å². The smallest absolute Gasteiger partial charge is 0.407 e. The molecule has 0 bridgehead atoms. The van der Waals surface area contributed by atoms with Crippen LogP contribution in [0.1, 0.15) is 77.0 Å². The van der Waals surface area contributed by atoms with E-state index in [2.05, 4.69) is 45.6 Å². The Kier molecular flexibility index (Phi) is 35.6. The number of nitrogens with one attached hydrogen (secondary N) is 4. The van der Waals surface area contributed by atoms with Crippen LogP contribution in [0.5, 0.6) is 0 Å². The fraction of sp³-hybridized carbons (Fsp3) is 0.814. The highest BCUT2D eigenvalue weighted by atomic mass is 16.6. The number of amides is 4. The maximum atomic E-state index is 12.0. The molecule has 0 aromatic rings. The Morgan fingerprint density at radius 3 is 1.16 bits per heavy atom. The number of allylic oxidation sites excluding steroid dienone is 4. The van der Waals surface area contributed by atoms with Gasteiger partial charge in [-0.05, 0) is 64.2 Å². The summed E-state index contributed by atoms with van der Waals surface area (Å²) < 4.78 is 54.8. The molecule has 0 aliphatic heterocycles. The van der Waals surface area contributed by atoms with E-state index in [0.29, 0.717) is 105 Å². The van der Waals surface area contributed by atoms with Crippen molar-refractivity contribution in [2.75, 3.05) is 132 Å². The number of hydrogen-bond donors (Lipinski definition) is 5. The molecule has 0 fully saturated rings. The Labute approximate surface area is 368 Å². The van der Waals surface area contributed by atoms with Gasteiger partial charge in [0.25, 0.3) is 0 Å². The van der Waals surface area contributed by atoms with Crippen molar-refractivity contribution in [1.82, 2.24) is 21.3 Å². The van der Waals surface area contributed by atoms with Crippen LogP contribution in [-0.4, -0.2) is 174 Å². The number of carbonyl (C=O) groups is 4. The fourth-order valence-corrected chi connectivity index (χ4v) is 5.96. The van der Waals surface area contributed by atoms with Crippen molar-refractivity contribution in [3.8, 4) is 0 Å². The summed E-state index contributed by atoms with van der Waals surface area (Å²) in [7, 11) is 0. The minimum absolute atomic E-state index is 0.0324. The Morgan fingerprint density at radius 1 is 0.435 bits per heavy atom. The summed E-state index contributed by atoms with van der Waals surface area (Å²) >= 11 is 0. The summed E-state index contributed by atoms with van der Waals surface area (Å²) in [5.74, 6) is -0.309. The number of rotatable bonds is 36. The highest BCUT2D eigenvalue weighted by Gasteiger charge is 2.15. The number of ether oxygens (including phenoxy) is 10. The molecule has 0 saturated carbocycles. The van der Waals surface area contributed by atoms with Gasteiger partial charge in [-0.25, -0.2) is 9.59 Å². The van der Waals surface area contributed by atoms with Gasteiger partial charge in [-0.3, -0.25) is 9.59 Å². The number of nitrogens with two attached hydrogens (primary N) is 1. The quantitative estimate of drug-likeness (QED) is 0.0450. The standard InChI is InChI=1S/C43H77N5O14/c44-37(35-59-21-15-40(49)45-17-23-53-27-31-57-33-29-55-25-19-47-42(51)61-38-11-7-3-1-4-8-12-38)36-60-22-16-41(50)46-18-24-54-28-32-58-34-30-56-26-20-48-43(52)62-39-13-9-5-2-6-10-14-39/h1-3,5,37-39H,4,6-36,44H2,(H,45,49)(H,46,50)(H,47,51)(H,48,52)/b3-1+,5-2+/t38-,39-/m1/s1. The van der Waals surface area contributed by atoms with Crippen LogP contribution < -0.4 is 27.0 Å². The van der Waals surface area contributed by atoms with Gasteiger partial charge in [-0.2, -0.15) is 0 Å². The maximum Gasteiger partial charge on any atom is 0.407 e. The van der Waals surface area contributed by atoms with Gasteiger partial charge in [-0.1, -0.05) is 24.3 Å². The van der Waals surface area contributed by atoms with E-state index in [1.54, 1.807) is 0 Å². The first-order chi connectivity index (χ1) is 30.4. The molecule has 0 saturated heterocycles. The molecule has 6 N–H and O–H groups in total. The number of hydrogen-bond acceptors (Lipinski definition) is 15. The molecule has 2 rings (SSSR count). The molecule has 2 aliphatic rings. The lowest BCUT2D eigenvalue weighted by Crippen LogP contribution is -2.33. The zero-order valence-electron chi connectivity index (χ0n) is 37.0. The van der Waals surface area contributed by atoms with Crippen molar-refractivity contribution in [3.05, 3.63) is 24.3 Å². The molecule has 0 aromatic carbocycles. The molecular weight excluding hydrogens is 810 g/mol. The minimum Gasteiger partial charge on any atom is -0.446 e. The average Bonchev–Trinajstić information content (AvgIpc) is 3.23. The van der Waals surface area contributed by atoms with E-state index < -0.39 is 12.2 Å². The van der Waals surface area contributed by atoms with Gasteiger partial charge in [-0.15, -0.1) is 0 Å². The Hall–Kier alpha value is -3.40. The zero-order chi connectivity index (χ0) is 44.4. The van der Waals surface area contributed by atoms with E-state index in [4.69, 9.17) is 53.1 Å². The molecule has 19 heteroatoms. The van der Waals surface area contributed by atoms with Crippen molar-refractivity contribution in [2.45, 2.75) is 95.3 Å². The summed E-state index contributed by atoms with van der Waals surface area (Å²) in [4.78, 5) is 47.9. The Bertz CT molecular complexity index is 1110. The van der Waals surface area contributed by atoms with Gasteiger partial charge >= 0.3 is 12.2 Å². The van der Waals surface area contributed by atoms with Crippen LogP contribution >= 0.6 is 0 Å². The second-order valence-corrected chi connectivity index (χ2v) is 14.7. The third-order valence-corrected chi connectivity index (χ3v) is 9.25. The lowest BCUT2D eigenvalue weighted by molar-refractivity contribution is -0.123. The monoisotopic (exact) mass is 888 g/mol. The molecule has 2 aliphatic carbocycles. The van der Waals surface area contributed by atoms with E-state index in [1.807, 2.05) is 0 Å². The van der Waals surface area contributed by atoms with Gasteiger partial charge in [0.05, 0.1) is 112 Å². The molecule has 4 amide bonds. The van der Waals surface area contributed by atoms with Gasteiger partial charge < -0.3 is 74.4 Å². The SMILES string of the molecule is NC(COCCC(=O)NCCOCCOCCOCCNC(=O)O[C@@H]1CC/C=C/CCC1)COCCC(=O)NCCOCCOCCOCCNC(=O)O[C@@H]1CC/C=C/CCC1. The third kappa shape index (κ3) is 35.1. The first-order valence-corrected chi connectivity index (χ1v) is 22.5. The van der Waals surface area contributed by atoms with E-state index in [0.717, 1.165) is 64.2 Å². The fourth-order valence-electron chi connectivity index (χ4n) is 5.96. The van der Waals surface area contributed by atoms with Crippen LogP contribution in [0.25, 0.3) is 0 Å². The van der Waals surface area contributed by atoms with Gasteiger partial charge in [0.15, 0.2) is 0 Å². The van der Waals surface area contributed by atoms with E-state index in [9.17, 15) is 19.2 Å². The van der Waals surface area contributed by atoms with Crippen LogP contribution in [0.4, 0.5) is 9.59 Å². The summed E-state index contributed by atoms with van der Waals surface area (Å²) in [6, 6.07) is -0.386. The second kappa shape index (κ2) is 40.4. The topological polar surface area (TPSA) is 235 Å². The highest BCUT2D eigenvalue weighted by Crippen LogP contribution is 2.16. The number of carbonyl (C=O) groups excluding carboxylic acids is 4. The predicted octanol–water partition coefficient (Wildman–Crippen LogP) is 2.69. The molecule has 19 nitrogen and oxygen atoms in total. The zero-order valence-corrected chi connectivity index (χ0v) is 37.0. The average molecular weight is 888 g/mol. The lowest BCUT2D eigenvalue weighted by atomic mass is 10.0. The van der Waals surface area contributed by atoms with Crippen molar-refractivity contribution in [3.63, 3.8) is 0 Å². The molecule has 62 heavy (non-hydrogen) atoms. The summed E-state index contributed by atoms with van der Waals surface area (Å²) in [6.07, 6.45) is 17.6. The Morgan fingerprint density at radius 2 is 0.774 bits per heavy atom. The van der Waals surface area contributed by atoms with E-state index in [-0.39, 0.29) is 69.3 Å². The van der Waals surface area contributed by atoms with Crippen LogP contribution in [0, 0.1) is 0 Å². The second-order valence-electron chi connectivity index (χ2n) is 14.7. The predicted molar refractivity (Wildman–Crippen MR) is 231 cm³/mol. The maximum absolute atomic E-state index is 12.0. The van der Waals surface area contributed by atoms with Crippen molar-refractivity contribution < 1.29 is 66.5 Å². The summed E-state index contributed by atoms with van der Waals surface area (Å²) in [5, 5.41) is 11.0.